The van der Waals surface area contributed by atoms with Crippen molar-refractivity contribution in [2.45, 2.75) is 6.92 Å². The zero-order valence-corrected chi connectivity index (χ0v) is 10.0. The van der Waals surface area contributed by atoms with Gasteiger partial charge >= 0.3 is 6.09 Å². The van der Waals surface area contributed by atoms with Crippen molar-refractivity contribution in [2.75, 3.05) is 18.6 Å². The molecular formula is C14H15NO2. The van der Waals surface area contributed by atoms with Crippen molar-refractivity contribution in [2.24, 2.45) is 0 Å². The maximum absolute atomic E-state index is 11.7. The minimum Gasteiger partial charge on any atom is -0.449 e. The first-order valence-electron chi connectivity index (χ1n) is 5.62. The number of hydrogen-bond donors (Lipinski definition) is 0. The fourth-order valence-electron chi connectivity index (χ4n) is 1.82. The molecule has 0 N–H and O–H groups in total. The van der Waals surface area contributed by atoms with Gasteiger partial charge in [-0.05, 0) is 18.4 Å². The molecule has 0 aromatic heterocycles. The van der Waals surface area contributed by atoms with Gasteiger partial charge in [0.15, 0.2) is 0 Å². The lowest BCUT2D eigenvalue weighted by Crippen LogP contribution is -2.27. The molecule has 2 rings (SSSR count). The van der Waals surface area contributed by atoms with E-state index in [0.717, 1.165) is 16.5 Å². The van der Waals surface area contributed by atoms with Crippen molar-refractivity contribution < 1.29 is 9.53 Å². The molecule has 2 aromatic rings. The molecule has 0 fully saturated rings. The molecule has 0 unspecified atom stereocenters. The van der Waals surface area contributed by atoms with Crippen LogP contribution in [0.5, 0.6) is 0 Å². The second-order valence-corrected chi connectivity index (χ2v) is 3.76. The van der Waals surface area contributed by atoms with E-state index in [9.17, 15) is 4.79 Å². The topological polar surface area (TPSA) is 29.5 Å². The van der Waals surface area contributed by atoms with Crippen LogP contribution < -0.4 is 4.90 Å². The van der Waals surface area contributed by atoms with Gasteiger partial charge in [-0.15, -0.1) is 0 Å². The Hall–Kier alpha value is -2.03. The van der Waals surface area contributed by atoms with Crippen LogP contribution in [0.25, 0.3) is 10.8 Å². The summed E-state index contributed by atoms with van der Waals surface area (Å²) >= 11 is 0. The number of nitrogens with zero attached hydrogens (tertiary/aromatic N) is 1. The smallest absolute Gasteiger partial charge is 0.414 e. The van der Waals surface area contributed by atoms with Crippen LogP contribution in [0.1, 0.15) is 6.92 Å². The maximum Gasteiger partial charge on any atom is 0.414 e. The monoisotopic (exact) mass is 229 g/mol. The molecule has 0 saturated heterocycles. The number of fused-ring (bicyclic) bond motifs is 1. The lowest BCUT2D eigenvalue weighted by atomic mass is 10.1. The van der Waals surface area contributed by atoms with E-state index >= 15 is 0 Å². The molecule has 0 aliphatic heterocycles. The number of anilines is 1. The first-order chi connectivity index (χ1) is 8.24. The van der Waals surface area contributed by atoms with Crippen molar-refractivity contribution in [3.05, 3.63) is 42.5 Å². The van der Waals surface area contributed by atoms with E-state index in [0.29, 0.717) is 6.61 Å². The summed E-state index contributed by atoms with van der Waals surface area (Å²) in [5.41, 5.74) is 0.863. The average Bonchev–Trinajstić information content (AvgIpc) is 2.37. The average molecular weight is 229 g/mol. The van der Waals surface area contributed by atoms with E-state index < -0.39 is 0 Å². The van der Waals surface area contributed by atoms with Crippen molar-refractivity contribution in [1.29, 1.82) is 0 Å². The van der Waals surface area contributed by atoms with Crippen LogP contribution in [-0.4, -0.2) is 19.7 Å². The standard InChI is InChI=1S/C14H15NO2/c1-3-17-14(16)15(2)13-10-6-8-11-7-4-5-9-12(11)13/h4-10H,3H2,1-2H3. The molecule has 3 nitrogen and oxygen atoms in total. The number of rotatable bonds is 2. The second-order valence-electron chi connectivity index (χ2n) is 3.76. The van der Waals surface area contributed by atoms with E-state index in [4.69, 9.17) is 4.74 Å². The van der Waals surface area contributed by atoms with Crippen molar-refractivity contribution >= 4 is 22.6 Å². The van der Waals surface area contributed by atoms with E-state index in [1.165, 1.54) is 4.90 Å². The summed E-state index contributed by atoms with van der Waals surface area (Å²) in [5.74, 6) is 0. The highest BCUT2D eigenvalue weighted by molar-refractivity contribution is 6.01. The largest absolute Gasteiger partial charge is 0.449 e. The highest BCUT2D eigenvalue weighted by Crippen LogP contribution is 2.26. The molecule has 2 aromatic carbocycles. The Morgan fingerprint density at radius 2 is 1.88 bits per heavy atom. The fraction of sp³-hybridized carbons (Fsp3) is 0.214. The Labute approximate surface area is 101 Å². The Kier molecular flexibility index (Phi) is 3.28. The minimum absolute atomic E-state index is 0.330. The lowest BCUT2D eigenvalue weighted by molar-refractivity contribution is 0.161. The molecule has 88 valence electrons. The van der Waals surface area contributed by atoms with Gasteiger partial charge in [0, 0.05) is 12.4 Å². The Morgan fingerprint density at radius 3 is 2.65 bits per heavy atom. The third kappa shape index (κ3) is 2.23. The quantitative estimate of drug-likeness (QED) is 0.789. The number of amides is 1. The van der Waals surface area contributed by atoms with Gasteiger partial charge in [-0.2, -0.15) is 0 Å². The normalized spacial score (nSPS) is 10.2. The number of carbonyl (C=O) groups is 1. The predicted octanol–water partition coefficient (Wildman–Crippen LogP) is 3.43. The Bertz CT molecular complexity index is 531. The number of hydrogen-bond acceptors (Lipinski definition) is 2. The second kappa shape index (κ2) is 4.87. The first-order valence-corrected chi connectivity index (χ1v) is 5.62. The molecule has 0 saturated carbocycles. The van der Waals surface area contributed by atoms with Gasteiger partial charge in [-0.1, -0.05) is 36.4 Å². The minimum atomic E-state index is -0.330. The molecule has 0 aliphatic carbocycles. The van der Waals surface area contributed by atoms with E-state index in [2.05, 4.69) is 0 Å². The van der Waals surface area contributed by atoms with Gasteiger partial charge in [0.25, 0.3) is 0 Å². The van der Waals surface area contributed by atoms with Crippen LogP contribution in [0, 0.1) is 0 Å². The van der Waals surface area contributed by atoms with Gasteiger partial charge in [-0.25, -0.2) is 4.79 Å². The van der Waals surface area contributed by atoms with Crippen molar-refractivity contribution in [3.8, 4) is 0 Å². The van der Waals surface area contributed by atoms with Crippen LogP contribution in [0.3, 0.4) is 0 Å². The molecule has 17 heavy (non-hydrogen) atoms. The summed E-state index contributed by atoms with van der Waals surface area (Å²) in [4.78, 5) is 13.2. The van der Waals surface area contributed by atoms with Crippen LogP contribution >= 0.6 is 0 Å². The number of benzene rings is 2. The maximum atomic E-state index is 11.7. The van der Waals surface area contributed by atoms with E-state index in [1.807, 2.05) is 42.5 Å². The van der Waals surface area contributed by atoms with Crippen molar-refractivity contribution in [3.63, 3.8) is 0 Å². The lowest BCUT2D eigenvalue weighted by Gasteiger charge is -2.18. The summed E-state index contributed by atoms with van der Waals surface area (Å²) in [7, 11) is 1.72. The molecule has 0 bridgehead atoms. The van der Waals surface area contributed by atoms with Gasteiger partial charge in [0.2, 0.25) is 0 Å². The Balaban J connectivity index is 2.44. The SMILES string of the molecule is CCOC(=O)N(C)c1cccc2ccccc12. The van der Waals surface area contributed by atoms with E-state index in [1.54, 1.807) is 14.0 Å². The summed E-state index contributed by atoms with van der Waals surface area (Å²) in [6.45, 7) is 2.18. The molecule has 0 spiro atoms. The highest BCUT2D eigenvalue weighted by Gasteiger charge is 2.13. The first kappa shape index (κ1) is 11.5. The molecule has 0 radical (unpaired) electrons. The fourth-order valence-corrected chi connectivity index (χ4v) is 1.82. The highest BCUT2D eigenvalue weighted by atomic mass is 16.6. The zero-order valence-electron chi connectivity index (χ0n) is 10.0. The third-order valence-corrected chi connectivity index (χ3v) is 2.67. The number of carbonyl (C=O) groups excluding carboxylic acids is 1. The van der Waals surface area contributed by atoms with Gasteiger partial charge < -0.3 is 4.74 Å². The predicted molar refractivity (Wildman–Crippen MR) is 69.4 cm³/mol. The summed E-state index contributed by atoms with van der Waals surface area (Å²) in [6, 6.07) is 13.9. The summed E-state index contributed by atoms with van der Waals surface area (Å²) in [6.07, 6.45) is -0.330. The van der Waals surface area contributed by atoms with Crippen LogP contribution in [0.4, 0.5) is 10.5 Å². The van der Waals surface area contributed by atoms with Gasteiger partial charge in [0.1, 0.15) is 0 Å². The Morgan fingerprint density at radius 1 is 1.18 bits per heavy atom. The number of ether oxygens (including phenoxy) is 1. The molecule has 3 heteroatoms. The van der Waals surface area contributed by atoms with Crippen LogP contribution in [0.2, 0.25) is 0 Å². The zero-order chi connectivity index (χ0) is 12.3. The molecule has 1 amide bonds. The van der Waals surface area contributed by atoms with E-state index in [-0.39, 0.29) is 6.09 Å². The van der Waals surface area contributed by atoms with Crippen molar-refractivity contribution in [1.82, 2.24) is 0 Å². The summed E-state index contributed by atoms with van der Waals surface area (Å²) in [5, 5.41) is 2.16. The molecular weight excluding hydrogens is 214 g/mol. The molecule has 0 aliphatic rings. The third-order valence-electron chi connectivity index (χ3n) is 2.67. The molecule has 0 heterocycles. The van der Waals surface area contributed by atoms with Crippen LogP contribution in [-0.2, 0) is 4.74 Å². The summed E-state index contributed by atoms with van der Waals surface area (Å²) < 4.78 is 4.99. The molecule has 0 atom stereocenters. The van der Waals surface area contributed by atoms with Crippen LogP contribution in [0.15, 0.2) is 42.5 Å². The van der Waals surface area contributed by atoms with Gasteiger partial charge in [0.05, 0.1) is 12.3 Å². The van der Waals surface area contributed by atoms with Gasteiger partial charge in [-0.3, -0.25) is 4.90 Å².